The molecule has 138 valence electrons. The van der Waals surface area contributed by atoms with Crippen molar-refractivity contribution in [2.24, 2.45) is 11.8 Å². The van der Waals surface area contributed by atoms with Gasteiger partial charge in [-0.3, -0.25) is 4.90 Å². The van der Waals surface area contributed by atoms with E-state index < -0.39 is 35.8 Å². The zero-order chi connectivity index (χ0) is 18.3. The molecular formula is C18H27F5N+. The Morgan fingerprint density at radius 2 is 1.62 bits per heavy atom. The normalized spacial score (nSPS) is 15.3. The van der Waals surface area contributed by atoms with Gasteiger partial charge in [-0.05, 0) is 18.8 Å². The molecule has 0 saturated heterocycles. The summed E-state index contributed by atoms with van der Waals surface area (Å²) in [4.78, 5) is -0.0265. The van der Waals surface area contributed by atoms with Gasteiger partial charge in [-0.15, -0.1) is 0 Å². The second-order valence-corrected chi connectivity index (χ2v) is 6.53. The lowest BCUT2D eigenvalue weighted by Crippen LogP contribution is -3.07. The van der Waals surface area contributed by atoms with E-state index in [9.17, 15) is 22.0 Å². The second-order valence-electron chi connectivity index (χ2n) is 6.53. The van der Waals surface area contributed by atoms with Crippen LogP contribution in [0.5, 0.6) is 0 Å². The molecule has 1 rings (SSSR count). The second kappa shape index (κ2) is 9.97. The molecule has 0 bridgehead atoms. The van der Waals surface area contributed by atoms with Gasteiger partial charge in [0.2, 0.25) is 18.4 Å². The molecule has 24 heavy (non-hydrogen) atoms. The Morgan fingerprint density at radius 1 is 0.958 bits per heavy atom. The molecule has 3 atom stereocenters. The summed E-state index contributed by atoms with van der Waals surface area (Å²) in [7, 11) is 0. The maximum absolute atomic E-state index is 13.8. The Hall–Kier alpha value is -1.17. The van der Waals surface area contributed by atoms with Crippen LogP contribution in [0.2, 0.25) is 0 Å². The van der Waals surface area contributed by atoms with Crippen LogP contribution in [0.4, 0.5) is 27.6 Å². The first-order valence-electron chi connectivity index (χ1n) is 8.59. The van der Waals surface area contributed by atoms with Crippen LogP contribution in [0.15, 0.2) is 6.07 Å². The maximum Gasteiger partial charge on any atom is 0.225 e. The molecule has 1 aromatic carbocycles. The van der Waals surface area contributed by atoms with Gasteiger partial charge in [-0.2, -0.15) is 8.78 Å². The molecule has 0 aliphatic heterocycles. The molecule has 0 aliphatic carbocycles. The van der Waals surface area contributed by atoms with E-state index in [1.54, 1.807) is 0 Å². The van der Waals surface area contributed by atoms with Crippen molar-refractivity contribution in [2.45, 2.75) is 52.9 Å². The van der Waals surface area contributed by atoms with Crippen molar-refractivity contribution in [3.05, 3.63) is 29.3 Å². The van der Waals surface area contributed by atoms with E-state index in [0.29, 0.717) is 12.0 Å². The number of nitrogens with one attached hydrogen (secondary N) is 1. The van der Waals surface area contributed by atoms with Gasteiger partial charge in [0.15, 0.2) is 17.3 Å². The molecule has 0 spiro atoms. The smallest absolute Gasteiger partial charge is 0.225 e. The van der Waals surface area contributed by atoms with Gasteiger partial charge in [-0.1, -0.05) is 40.0 Å². The molecule has 0 amide bonds. The van der Waals surface area contributed by atoms with Crippen LogP contribution in [0.1, 0.15) is 52.9 Å². The predicted octanol–water partition coefficient (Wildman–Crippen LogP) is 4.93. The highest BCUT2D eigenvalue weighted by atomic mass is 19.2. The largest absolute Gasteiger partial charge is 0.273 e. The fraction of sp³-hybridized carbons (Fsp3) is 0.667. The molecule has 0 aliphatic rings. The highest BCUT2D eigenvalue weighted by Crippen LogP contribution is 2.22. The number of quaternary nitrogens is 1. The summed E-state index contributed by atoms with van der Waals surface area (Å²) in [5.74, 6) is -6.13. The maximum atomic E-state index is 13.8. The summed E-state index contributed by atoms with van der Waals surface area (Å²) in [5, 5.41) is 0. The fourth-order valence-corrected chi connectivity index (χ4v) is 3.07. The molecule has 1 N–H and O–H groups in total. The van der Waals surface area contributed by atoms with Crippen molar-refractivity contribution < 1.29 is 26.9 Å². The SMILES string of the molecule is CCCC(CC)CCC(C)C[NH+](CF)c1cc(F)c(F)c(F)c1F. The molecule has 0 heterocycles. The summed E-state index contributed by atoms with van der Waals surface area (Å²) >= 11 is 0. The lowest BCUT2D eigenvalue weighted by molar-refractivity contribution is -0.852. The fourth-order valence-electron chi connectivity index (χ4n) is 3.07. The summed E-state index contributed by atoms with van der Waals surface area (Å²) in [5.41, 5.74) is -0.499. The van der Waals surface area contributed by atoms with E-state index in [0.717, 1.165) is 32.1 Å². The van der Waals surface area contributed by atoms with E-state index in [-0.39, 0.29) is 17.4 Å². The quantitative estimate of drug-likeness (QED) is 0.264. The summed E-state index contributed by atoms with van der Waals surface area (Å²) in [6.45, 7) is 5.34. The van der Waals surface area contributed by atoms with Crippen LogP contribution >= 0.6 is 0 Å². The minimum absolute atomic E-state index is 0.0265. The Morgan fingerprint density at radius 3 is 2.17 bits per heavy atom. The molecule has 0 aromatic heterocycles. The number of halogens is 5. The van der Waals surface area contributed by atoms with E-state index in [4.69, 9.17) is 0 Å². The average molecular weight is 352 g/mol. The zero-order valence-corrected chi connectivity index (χ0v) is 14.6. The van der Waals surface area contributed by atoms with Gasteiger partial charge in [0.05, 0.1) is 6.54 Å². The number of hydrogen-bond acceptors (Lipinski definition) is 0. The van der Waals surface area contributed by atoms with Crippen molar-refractivity contribution in [3.63, 3.8) is 0 Å². The van der Waals surface area contributed by atoms with Crippen molar-refractivity contribution in [2.75, 3.05) is 13.3 Å². The third-order valence-corrected chi connectivity index (χ3v) is 4.58. The number of benzene rings is 1. The number of hydrogen-bond donors (Lipinski definition) is 1. The Kier molecular flexibility index (Phi) is 8.67. The van der Waals surface area contributed by atoms with Gasteiger partial charge in [-0.25, -0.2) is 13.2 Å². The first-order chi connectivity index (χ1) is 11.3. The van der Waals surface area contributed by atoms with Crippen LogP contribution in [0.25, 0.3) is 0 Å². The molecular weight excluding hydrogens is 325 g/mol. The third-order valence-electron chi connectivity index (χ3n) is 4.58. The molecule has 0 fully saturated rings. The first-order valence-corrected chi connectivity index (χ1v) is 8.59. The summed E-state index contributed by atoms with van der Waals surface area (Å²) in [6, 6.07) is 0.543. The van der Waals surface area contributed by atoms with E-state index in [1.165, 1.54) is 0 Å². The molecule has 0 saturated carbocycles. The molecule has 0 radical (unpaired) electrons. The Bertz CT molecular complexity index is 521. The Balaban J connectivity index is 2.77. The first kappa shape index (κ1) is 20.9. The standard InChI is InChI=1S/C18H26F5N/c1-4-6-13(5-2)8-7-12(3)10-24(11-19)15-9-14(20)16(21)18(23)17(15)22/h9,12-13H,4-8,10-11H2,1-3H3/p+1. The van der Waals surface area contributed by atoms with E-state index in [1.807, 2.05) is 6.92 Å². The van der Waals surface area contributed by atoms with Gasteiger partial charge in [0.1, 0.15) is 0 Å². The molecule has 3 unspecified atom stereocenters. The molecule has 1 aromatic rings. The molecule has 6 heteroatoms. The van der Waals surface area contributed by atoms with Gasteiger partial charge < -0.3 is 0 Å². The predicted molar refractivity (Wildman–Crippen MR) is 84.8 cm³/mol. The van der Waals surface area contributed by atoms with Crippen LogP contribution in [0.3, 0.4) is 0 Å². The van der Waals surface area contributed by atoms with E-state index in [2.05, 4.69) is 13.8 Å². The highest BCUT2D eigenvalue weighted by Gasteiger charge is 2.27. The minimum atomic E-state index is -1.89. The van der Waals surface area contributed by atoms with Crippen molar-refractivity contribution >= 4 is 5.69 Å². The van der Waals surface area contributed by atoms with Crippen molar-refractivity contribution in [1.82, 2.24) is 0 Å². The van der Waals surface area contributed by atoms with Crippen LogP contribution in [0, 0.1) is 35.1 Å². The zero-order valence-electron chi connectivity index (χ0n) is 14.6. The van der Waals surface area contributed by atoms with Gasteiger partial charge in [0.25, 0.3) is 0 Å². The van der Waals surface area contributed by atoms with Crippen LogP contribution in [-0.2, 0) is 0 Å². The van der Waals surface area contributed by atoms with E-state index >= 15 is 0 Å². The lowest BCUT2D eigenvalue weighted by atomic mass is 9.91. The third kappa shape index (κ3) is 5.43. The van der Waals surface area contributed by atoms with Crippen LogP contribution < -0.4 is 4.90 Å². The summed E-state index contributed by atoms with van der Waals surface area (Å²) < 4.78 is 66.8. The average Bonchev–Trinajstić information content (AvgIpc) is 2.57. The van der Waals surface area contributed by atoms with Crippen molar-refractivity contribution in [3.8, 4) is 0 Å². The van der Waals surface area contributed by atoms with Gasteiger partial charge >= 0.3 is 0 Å². The van der Waals surface area contributed by atoms with Crippen LogP contribution in [-0.4, -0.2) is 13.3 Å². The Labute approximate surface area is 140 Å². The van der Waals surface area contributed by atoms with Gasteiger partial charge in [0, 0.05) is 12.0 Å². The topological polar surface area (TPSA) is 4.44 Å². The summed E-state index contributed by atoms with van der Waals surface area (Å²) in [6.07, 6.45) is 5.12. The lowest BCUT2D eigenvalue weighted by Gasteiger charge is -2.22. The van der Waals surface area contributed by atoms with Crippen molar-refractivity contribution in [1.29, 1.82) is 0 Å². The monoisotopic (exact) mass is 352 g/mol. The molecule has 1 nitrogen and oxygen atoms in total. The highest BCUT2D eigenvalue weighted by molar-refractivity contribution is 5.33. The minimum Gasteiger partial charge on any atom is -0.273 e. The number of alkyl halides is 1. The number of rotatable bonds is 10.